The summed E-state index contributed by atoms with van der Waals surface area (Å²) in [5, 5.41) is 10.5. The monoisotopic (exact) mass is 367 g/mol. The Morgan fingerprint density at radius 2 is 1.92 bits per heavy atom. The second-order valence-corrected chi connectivity index (χ2v) is 5.17. The van der Waals surface area contributed by atoms with E-state index in [-0.39, 0.29) is 27.6 Å². The van der Waals surface area contributed by atoms with E-state index in [2.05, 4.69) is 0 Å². The third kappa shape index (κ3) is 4.30. The molecule has 0 amide bonds. The minimum atomic E-state index is -0.941. The lowest BCUT2D eigenvalue weighted by atomic mass is 10.1. The number of ether oxygens (including phenoxy) is 2. The zero-order chi connectivity index (χ0) is 18.6. The first kappa shape index (κ1) is 18.3. The lowest BCUT2D eigenvalue weighted by molar-refractivity contribution is -0.384. The quantitative estimate of drug-likeness (QED) is 0.336. The smallest absolute Gasteiger partial charge is 0.340 e. The van der Waals surface area contributed by atoms with Crippen molar-refractivity contribution in [1.29, 1.82) is 0 Å². The molecule has 0 heterocycles. The second-order valence-electron chi connectivity index (χ2n) is 4.77. The lowest BCUT2D eigenvalue weighted by Crippen LogP contribution is -2.15. The fourth-order valence-corrected chi connectivity index (χ4v) is 2.22. The van der Waals surface area contributed by atoms with Crippen molar-refractivity contribution >= 4 is 29.0 Å². The van der Waals surface area contributed by atoms with Gasteiger partial charge in [0.15, 0.2) is 6.61 Å². The zero-order valence-corrected chi connectivity index (χ0v) is 13.6. The van der Waals surface area contributed by atoms with Crippen LogP contribution < -0.4 is 4.74 Å². The Morgan fingerprint density at radius 1 is 1.20 bits per heavy atom. The summed E-state index contributed by atoms with van der Waals surface area (Å²) in [6.07, 6.45) is 0. The number of nitrogens with zero attached hydrogens (tertiary/aromatic N) is 1. The van der Waals surface area contributed by atoms with Crippen LogP contribution in [0.5, 0.6) is 5.75 Å². The largest absolute Gasteiger partial charge is 0.496 e. The van der Waals surface area contributed by atoms with Crippen LogP contribution in [0.4, 0.5) is 10.1 Å². The number of Topliss-reactive ketones (excluding diaryl/α,β-unsaturated/α-hetero) is 1. The van der Waals surface area contributed by atoms with Gasteiger partial charge in [-0.3, -0.25) is 14.9 Å². The first-order chi connectivity index (χ1) is 11.8. The Bertz CT molecular complexity index is 855. The number of benzene rings is 2. The molecule has 0 spiro atoms. The second kappa shape index (κ2) is 7.71. The van der Waals surface area contributed by atoms with Crippen LogP contribution in [0.3, 0.4) is 0 Å². The highest BCUT2D eigenvalue weighted by Gasteiger charge is 2.19. The molecule has 0 fully saturated rings. The SMILES string of the molecule is COc1ccc(F)cc1C(=O)COC(=O)c1ccc([N+](=O)[O-])cc1Cl. The molecule has 130 valence electrons. The molecule has 2 aromatic rings. The highest BCUT2D eigenvalue weighted by atomic mass is 35.5. The minimum absolute atomic E-state index is 0.0786. The van der Waals surface area contributed by atoms with Gasteiger partial charge in [-0.05, 0) is 24.3 Å². The fraction of sp³-hybridized carbons (Fsp3) is 0.125. The Hall–Kier alpha value is -3.00. The molecule has 0 aliphatic rings. The molecule has 0 saturated heterocycles. The molecule has 9 heteroatoms. The number of hydrogen-bond donors (Lipinski definition) is 0. The van der Waals surface area contributed by atoms with E-state index in [1.165, 1.54) is 13.2 Å². The minimum Gasteiger partial charge on any atom is -0.496 e. The molecule has 2 aromatic carbocycles. The van der Waals surface area contributed by atoms with Gasteiger partial charge in [0, 0.05) is 12.1 Å². The summed E-state index contributed by atoms with van der Waals surface area (Å²) in [4.78, 5) is 34.0. The predicted octanol–water partition coefficient (Wildman–Crippen LogP) is 3.44. The van der Waals surface area contributed by atoms with E-state index >= 15 is 0 Å². The first-order valence-corrected chi connectivity index (χ1v) is 7.19. The van der Waals surface area contributed by atoms with Crippen molar-refractivity contribution in [3.63, 3.8) is 0 Å². The Balaban J connectivity index is 2.11. The van der Waals surface area contributed by atoms with Gasteiger partial charge in [-0.25, -0.2) is 9.18 Å². The normalized spacial score (nSPS) is 10.2. The fourth-order valence-electron chi connectivity index (χ4n) is 1.97. The average Bonchev–Trinajstić information content (AvgIpc) is 2.59. The van der Waals surface area contributed by atoms with Crippen molar-refractivity contribution in [3.05, 3.63) is 68.5 Å². The molecule has 2 rings (SSSR count). The van der Waals surface area contributed by atoms with Crippen LogP contribution in [0, 0.1) is 15.9 Å². The number of rotatable bonds is 6. The van der Waals surface area contributed by atoms with Gasteiger partial charge in [-0.1, -0.05) is 11.6 Å². The van der Waals surface area contributed by atoms with Crippen LogP contribution in [0.2, 0.25) is 5.02 Å². The number of carbonyl (C=O) groups excluding carboxylic acids is 2. The summed E-state index contributed by atoms with van der Waals surface area (Å²) < 4.78 is 23.1. The summed E-state index contributed by atoms with van der Waals surface area (Å²) in [7, 11) is 1.31. The van der Waals surface area contributed by atoms with Gasteiger partial charge >= 0.3 is 5.97 Å². The molecule has 0 aliphatic carbocycles. The highest BCUT2D eigenvalue weighted by molar-refractivity contribution is 6.33. The van der Waals surface area contributed by atoms with Crippen molar-refractivity contribution in [2.45, 2.75) is 0 Å². The lowest BCUT2D eigenvalue weighted by Gasteiger charge is -2.09. The van der Waals surface area contributed by atoms with E-state index in [9.17, 15) is 24.1 Å². The van der Waals surface area contributed by atoms with Crippen molar-refractivity contribution < 1.29 is 28.4 Å². The van der Waals surface area contributed by atoms with E-state index < -0.39 is 29.1 Å². The highest BCUT2D eigenvalue weighted by Crippen LogP contribution is 2.24. The van der Waals surface area contributed by atoms with Crippen LogP contribution in [0.25, 0.3) is 0 Å². The van der Waals surface area contributed by atoms with E-state index in [0.717, 1.165) is 30.3 Å². The molecule has 0 bridgehead atoms. The van der Waals surface area contributed by atoms with Crippen LogP contribution >= 0.6 is 11.6 Å². The zero-order valence-electron chi connectivity index (χ0n) is 12.8. The maximum atomic E-state index is 13.3. The molecule has 7 nitrogen and oxygen atoms in total. The third-order valence-electron chi connectivity index (χ3n) is 3.18. The van der Waals surface area contributed by atoms with Crippen molar-refractivity contribution in [2.24, 2.45) is 0 Å². The average molecular weight is 368 g/mol. The summed E-state index contributed by atoms with van der Waals surface area (Å²) >= 11 is 5.81. The van der Waals surface area contributed by atoms with Crippen molar-refractivity contribution in [3.8, 4) is 5.75 Å². The molecule has 0 N–H and O–H groups in total. The van der Waals surface area contributed by atoms with Crippen molar-refractivity contribution in [2.75, 3.05) is 13.7 Å². The summed E-state index contributed by atoms with van der Waals surface area (Å²) in [6, 6.07) is 6.56. The standard InChI is InChI=1S/C16H11ClFNO6/c1-24-15-5-2-9(18)6-12(15)14(20)8-25-16(21)11-4-3-10(19(22)23)7-13(11)17/h2-7H,8H2,1H3. The summed E-state index contributed by atoms with van der Waals surface area (Å²) in [5.74, 6) is -2.13. The number of hydrogen-bond acceptors (Lipinski definition) is 6. The van der Waals surface area contributed by atoms with Gasteiger partial charge in [0.2, 0.25) is 5.78 Å². The van der Waals surface area contributed by atoms with Gasteiger partial charge in [0.1, 0.15) is 11.6 Å². The maximum Gasteiger partial charge on any atom is 0.340 e. The Morgan fingerprint density at radius 3 is 2.52 bits per heavy atom. The van der Waals surface area contributed by atoms with Gasteiger partial charge < -0.3 is 9.47 Å². The molecular formula is C16H11ClFNO6. The number of halogens is 2. The molecule has 0 aromatic heterocycles. The number of carbonyl (C=O) groups is 2. The third-order valence-corrected chi connectivity index (χ3v) is 3.49. The molecular weight excluding hydrogens is 357 g/mol. The van der Waals surface area contributed by atoms with E-state index in [0.29, 0.717) is 0 Å². The predicted molar refractivity (Wildman–Crippen MR) is 85.7 cm³/mol. The van der Waals surface area contributed by atoms with Crippen LogP contribution in [-0.4, -0.2) is 30.4 Å². The molecule has 0 saturated carbocycles. The van der Waals surface area contributed by atoms with Gasteiger partial charge in [0.05, 0.1) is 28.2 Å². The van der Waals surface area contributed by atoms with Crippen LogP contribution in [-0.2, 0) is 4.74 Å². The van der Waals surface area contributed by atoms with Gasteiger partial charge in [0.25, 0.3) is 5.69 Å². The molecule has 0 atom stereocenters. The maximum absolute atomic E-state index is 13.3. The summed E-state index contributed by atoms with van der Waals surface area (Å²) in [5.41, 5.74) is -0.501. The van der Waals surface area contributed by atoms with Gasteiger partial charge in [-0.15, -0.1) is 0 Å². The molecule has 0 unspecified atom stereocenters. The van der Waals surface area contributed by atoms with E-state index in [4.69, 9.17) is 21.1 Å². The number of nitro benzene ring substituents is 1. The molecule has 0 aliphatic heterocycles. The van der Waals surface area contributed by atoms with Crippen LogP contribution in [0.1, 0.15) is 20.7 Å². The number of non-ortho nitro benzene ring substituents is 1. The number of ketones is 1. The summed E-state index contributed by atoms with van der Waals surface area (Å²) in [6.45, 7) is -0.675. The number of nitro groups is 1. The number of esters is 1. The van der Waals surface area contributed by atoms with E-state index in [1.54, 1.807) is 0 Å². The Kier molecular flexibility index (Phi) is 5.66. The molecule has 25 heavy (non-hydrogen) atoms. The molecule has 0 radical (unpaired) electrons. The number of methoxy groups -OCH3 is 1. The van der Waals surface area contributed by atoms with Crippen LogP contribution in [0.15, 0.2) is 36.4 Å². The van der Waals surface area contributed by atoms with E-state index in [1.807, 2.05) is 0 Å². The van der Waals surface area contributed by atoms with Crippen molar-refractivity contribution in [1.82, 2.24) is 0 Å². The first-order valence-electron chi connectivity index (χ1n) is 6.81. The van der Waals surface area contributed by atoms with Gasteiger partial charge in [-0.2, -0.15) is 0 Å². The Labute approximate surface area is 146 Å². The topological polar surface area (TPSA) is 95.7 Å².